The van der Waals surface area contributed by atoms with Crippen LogP contribution in [0.3, 0.4) is 0 Å². The minimum Gasteiger partial charge on any atom is -0.309 e. The van der Waals surface area contributed by atoms with E-state index in [2.05, 4.69) is 10.3 Å². The summed E-state index contributed by atoms with van der Waals surface area (Å²) in [6.45, 7) is 0. The number of aromatic nitrogens is 1. The summed E-state index contributed by atoms with van der Waals surface area (Å²) in [6, 6.07) is 12.8. The molecule has 2 aromatic carbocycles. The van der Waals surface area contributed by atoms with Crippen molar-refractivity contribution in [3.05, 3.63) is 77.5 Å². The minimum absolute atomic E-state index is 0.0112. The Labute approximate surface area is 121 Å². The standard InChI is InChI=1S/C17H14F2N2/c1-20-17(16-13(18)6-4-7-14(16)19)12-9-11-5-2-3-8-15(11)21-10-12/h2-10,17,20H,1H3. The van der Waals surface area contributed by atoms with Gasteiger partial charge in [0.2, 0.25) is 0 Å². The average molecular weight is 284 g/mol. The lowest BCUT2D eigenvalue weighted by Crippen LogP contribution is -2.20. The first kappa shape index (κ1) is 13.6. The molecule has 1 heterocycles. The number of nitrogens with zero attached hydrogens (tertiary/aromatic N) is 1. The summed E-state index contributed by atoms with van der Waals surface area (Å²) in [6.07, 6.45) is 1.65. The van der Waals surface area contributed by atoms with Crippen LogP contribution in [0, 0.1) is 11.6 Å². The number of fused-ring (bicyclic) bond motifs is 1. The van der Waals surface area contributed by atoms with E-state index in [0.29, 0.717) is 0 Å². The van der Waals surface area contributed by atoms with Crippen LogP contribution in [-0.4, -0.2) is 12.0 Å². The zero-order valence-corrected chi connectivity index (χ0v) is 11.5. The first-order valence-corrected chi connectivity index (χ1v) is 6.66. The molecule has 0 fully saturated rings. The third-order valence-corrected chi connectivity index (χ3v) is 3.52. The van der Waals surface area contributed by atoms with Gasteiger partial charge in [-0.05, 0) is 36.9 Å². The first-order chi connectivity index (χ1) is 10.2. The summed E-state index contributed by atoms with van der Waals surface area (Å²) in [5, 5.41) is 3.90. The predicted molar refractivity (Wildman–Crippen MR) is 79.0 cm³/mol. The molecular weight excluding hydrogens is 270 g/mol. The Hall–Kier alpha value is -2.33. The van der Waals surface area contributed by atoms with Crippen molar-refractivity contribution in [3.63, 3.8) is 0 Å². The van der Waals surface area contributed by atoms with E-state index in [1.54, 1.807) is 13.2 Å². The maximum Gasteiger partial charge on any atom is 0.131 e. The highest BCUT2D eigenvalue weighted by Crippen LogP contribution is 2.27. The van der Waals surface area contributed by atoms with E-state index < -0.39 is 17.7 Å². The van der Waals surface area contributed by atoms with Crippen molar-refractivity contribution in [2.24, 2.45) is 0 Å². The Kier molecular flexibility index (Phi) is 3.62. The van der Waals surface area contributed by atoms with Crippen molar-refractivity contribution in [1.82, 2.24) is 10.3 Å². The summed E-state index contributed by atoms with van der Waals surface area (Å²) in [5.41, 5.74) is 1.59. The summed E-state index contributed by atoms with van der Waals surface area (Å²) in [5.74, 6) is -1.13. The highest BCUT2D eigenvalue weighted by atomic mass is 19.1. The smallest absolute Gasteiger partial charge is 0.131 e. The Balaban J connectivity index is 2.14. The van der Waals surface area contributed by atoms with Crippen molar-refractivity contribution in [2.75, 3.05) is 7.05 Å². The van der Waals surface area contributed by atoms with Crippen LogP contribution in [-0.2, 0) is 0 Å². The molecule has 1 aromatic heterocycles. The maximum absolute atomic E-state index is 14.0. The molecule has 0 radical (unpaired) electrons. The first-order valence-electron chi connectivity index (χ1n) is 6.66. The van der Waals surface area contributed by atoms with Crippen LogP contribution in [0.15, 0.2) is 54.7 Å². The topological polar surface area (TPSA) is 24.9 Å². The molecule has 3 aromatic rings. The van der Waals surface area contributed by atoms with Gasteiger partial charge in [-0.25, -0.2) is 8.78 Å². The van der Waals surface area contributed by atoms with Gasteiger partial charge in [0.05, 0.1) is 11.6 Å². The minimum atomic E-state index is -0.580. The molecule has 1 unspecified atom stereocenters. The Morgan fingerprint density at radius 3 is 2.43 bits per heavy atom. The Morgan fingerprint density at radius 1 is 1.00 bits per heavy atom. The van der Waals surface area contributed by atoms with Gasteiger partial charge in [-0.1, -0.05) is 24.3 Å². The third-order valence-electron chi connectivity index (χ3n) is 3.52. The van der Waals surface area contributed by atoms with E-state index in [0.717, 1.165) is 16.5 Å². The normalized spacial score (nSPS) is 12.5. The number of hydrogen-bond acceptors (Lipinski definition) is 2. The average Bonchev–Trinajstić information content (AvgIpc) is 2.50. The quantitative estimate of drug-likeness (QED) is 0.791. The van der Waals surface area contributed by atoms with Gasteiger partial charge in [-0.3, -0.25) is 4.98 Å². The van der Waals surface area contributed by atoms with Crippen molar-refractivity contribution >= 4 is 10.9 Å². The van der Waals surface area contributed by atoms with E-state index in [-0.39, 0.29) is 5.56 Å². The molecule has 0 aliphatic heterocycles. The van der Waals surface area contributed by atoms with Gasteiger partial charge in [-0.15, -0.1) is 0 Å². The number of pyridine rings is 1. The summed E-state index contributed by atoms with van der Waals surface area (Å²) in [7, 11) is 1.67. The number of hydrogen-bond donors (Lipinski definition) is 1. The molecule has 1 N–H and O–H groups in total. The van der Waals surface area contributed by atoms with Crippen molar-refractivity contribution in [1.29, 1.82) is 0 Å². The lowest BCUT2D eigenvalue weighted by Gasteiger charge is -2.18. The van der Waals surface area contributed by atoms with E-state index >= 15 is 0 Å². The molecule has 2 nitrogen and oxygen atoms in total. The van der Waals surface area contributed by atoms with E-state index in [1.807, 2.05) is 30.3 Å². The molecule has 0 aliphatic rings. The Bertz CT molecular complexity index is 766. The van der Waals surface area contributed by atoms with Crippen molar-refractivity contribution in [3.8, 4) is 0 Å². The van der Waals surface area contributed by atoms with Crippen molar-refractivity contribution in [2.45, 2.75) is 6.04 Å². The monoisotopic (exact) mass is 284 g/mol. The molecule has 4 heteroatoms. The molecule has 106 valence electrons. The van der Waals surface area contributed by atoms with Gasteiger partial charge < -0.3 is 5.32 Å². The highest BCUT2D eigenvalue weighted by Gasteiger charge is 2.20. The number of para-hydroxylation sites is 1. The van der Waals surface area contributed by atoms with Gasteiger partial charge in [0.1, 0.15) is 11.6 Å². The van der Waals surface area contributed by atoms with Gasteiger partial charge in [-0.2, -0.15) is 0 Å². The van der Waals surface area contributed by atoms with Crippen LogP contribution in [0.1, 0.15) is 17.2 Å². The molecule has 0 saturated carbocycles. The van der Waals surface area contributed by atoms with Crippen LogP contribution >= 0.6 is 0 Å². The van der Waals surface area contributed by atoms with Gasteiger partial charge in [0.25, 0.3) is 0 Å². The van der Waals surface area contributed by atoms with Gasteiger partial charge >= 0.3 is 0 Å². The number of rotatable bonds is 3. The Morgan fingerprint density at radius 2 is 1.71 bits per heavy atom. The van der Waals surface area contributed by atoms with E-state index in [1.165, 1.54) is 18.2 Å². The fourth-order valence-electron chi connectivity index (χ4n) is 2.51. The molecule has 0 aliphatic carbocycles. The second-order valence-electron chi connectivity index (χ2n) is 4.82. The SMILES string of the molecule is CNC(c1cnc2ccccc2c1)c1c(F)cccc1F. The highest BCUT2D eigenvalue weighted by molar-refractivity contribution is 5.79. The van der Waals surface area contributed by atoms with Crippen LogP contribution in [0.25, 0.3) is 10.9 Å². The predicted octanol–water partition coefficient (Wildman–Crippen LogP) is 3.82. The molecule has 0 bridgehead atoms. The van der Waals surface area contributed by atoms with Crippen LogP contribution < -0.4 is 5.32 Å². The molecule has 0 saturated heterocycles. The number of halogens is 2. The number of nitrogens with one attached hydrogen (secondary N) is 1. The molecule has 0 spiro atoms. The van der Waals surface area contributed by atoms with E-state index in [4.69, 9.17) is 0 Å². The molecule has 3 rings (SSSR count). The summed E-state index contributed by atoms with van der Waals surface area (Å²) >= 11 is 0. The van der Waals surface area contributed by atoms with Crippen LogP contribution in [0.4, 0.5) is 8.78 Å². The second-order valence-corrected chi connectivity index (χ2v) is 4.82. The summed E-state index contributed by atoms with van der Waals surface area (Å²) < 4.78 is 28.0. The zero-order chi connectivity index (χ0) is 14.8. The molecule has 0 amide bonds. The maximum atomic E-state index is 14.0. The van der Waals surface area contributed by atoms with Crippen LogP contribution in [0.2, 0.25) is 0 Å². The largest absolute Gasteiger partial charge is 0.309 e. The number of benzene rings is 2. The molecular formula is C17H14F2N2. The van der Waals surface area contributed by atoms with E-state index in [9.17, 15) is 8.78 Å². The third kappa shape index (κ3) is 2.50. The lowest BCUT2D eigenvalue weighted by molar-refractivity contribution is 0.522. The van der Waals surface area contributed by atoms with Crippen LogP contribution in [0.5, 0.6) is 0 Å². The molecule has 1 atom stereocenters. The molecule has 21 heavy (non-hydrogen) atoms. The fraction of sp³-hybridized carbons (Fsp3) is 0.118. The van der Waals surface area contributed by atoms with Gasteiger partial charge in [0, 0.05) is 17.1 Å². The van der Waals surface area contributed by atoms with Crippen molar-refractivity contribution < 1.29 is 8.78 Å². The van der Waals surface area contributed by atoms with Gasteiger partial charge in [0.15, 0.2) is 0 Å². The second kappa shape index (κ2) is 5.58. The zero-order valence-electron chi connectivity index (χ0n) is 11.5. The summed E-state index contributed by atoms with van der Waals surface area (Å²) in [4.78, 5) is 4.35. The lowest BCUT2D eigenvalue weighted by atomic mass is 9.98. The fourth-order valence-corrected chi connectivity index (χ4v) is 2.51.